The summed E-state index contributed by atoms with van der Waals surface area (Å²) in [6, 6.07) is 20.2. The summed E-state index contributed by atoms with van der Waals surface area (Å²) < 4.78 is 18.0. The molecule has 1 N–H and O–H groups in total. The van der Waals surface area contributed by atoms with Gasteiger partial charge < -0.3 is 24.4 Å². The van der Waals surface area contributed by atoms with Gasteiger partial charge in [-0.3, -0.25) is 14.2 Å². The largest absolute Gasteiger partial charge is 0.497 e. The molecular weight excluding hydrogens is 530 g/mol. The first-order valence-corrected chi connectivity index (χ1v) is 13.6. The fourth-order valence-corrected chi connectivity index (χ4v) is 5.39. The second kappa shape index (κ2) is 12.1. The highest BCUT2D eigenvalue weighted by Gasteiger charge is 2.26. The molecule has 0 atom stereocenters. The van der Waals surface area contributed by atoms with Crippen molar-refractivity contribution in [1.29, 1.82) is 0 Å². The van der Waals surface area contributed by atoms with Crippen molar-refractivity contribution in [2.45, 2.75) is 18.1 Å². The second-order valence-corrected chi connectivity index (χ2v) is 9.84. The average Bonchev–Trinajstić information content (AvgIpc) is 3.62. The van der Waals surface area contributed by atoms with E-state index in [0.717, 1.165) is 12.1 Å². The van der Waals surface area contributed by atoms with Crippen LogP contribution in [0.4, 0.5) is 5.69 Å². The summed E-state index contributed by atoms with van der Waals surface area (Å²) in [4.78, 5) is 27.9. The molecule has 1 aromatic heterocycles. The van der Waals surface area contributed by atoms with E-state index < -0.39 is 0 Å². The Balaban J connectivity index is 1.40. The molecule has 1 aliphatic rings. The Morgan fingerprint density at radius 2 is 1.70 bits per heavy atom. The van der Waals surface area contributed by atoms with E-state index in [0.29, 0.717) is 46.0 Å². The normalized spacial score (nSPS) is 12.1. The molecule has 4 aromatic rings. The van der Waals surface area contributed by atoms with Gasteiger partial charge in [0.1, 0.15) is 17.2 Å². The lowest BCUT2D eigenvalue weighted by Crippen LogP contribution is -2.30. The smallest absolute Gasteiger partial charge is 0.251 e. The molecule has 0 fully saturated rings. The Morgan fingerprint density at radius 1 is 0.900 bits per heavy atom. The summed E-state index contributed by atoms with van der Waals surface area (Å²) in [5.74, 6) is 2.08. The van der Waals surface area contributed by atoms with Crippen molar-refractivity contribution in [2.24, 2.45) is 0 Å². The summed E-state index contributed by atoms with van der Waals surface area (Å²) in [6.07, 6.45) is 0.836. The van der Waals surface area contributed by atoms with Crippen LogP contribution in [0.15, 0.2) is 71.9 Å². The molecule has 1 aliphatic heterocycles. The van der Waals surface area contributed by atoms with Gasteiger partial charge in [-0.2, -0.15) is 0 Å². The number of hydrogen-bond acceptors (Lipinski definition) is 8. The zero-order valence-corrected chi connectivity index (χ0v) is 23.2. The van der Waals surface area contributed by atoms with Crippen LogP contribution in [0, 0.1) is 0 Å². The summed E-state index contributed by atoms with van der Waals surface area (Å²) >= 11 is 1.28. The first kappa shape index (κ1) is 27.1. The molecule has 0 radical (unpaired) electrons. The van der Waals surface area contributed by atoms with Crippen molar-refractivity contribution >= 4 is 29.3 Å². The molecule has 40 heavy (non-hydrogen) atoms. The molecule has 11 heteroatoms. The number of benzene rings is 3. The average molecular weight is 560 g/mol. The van der Waals surface area contributed by atoms with Crippen LogP contribution >= 0.6 is 11.8 Å². The van der Waals surface area contributed by atoms with Crippen molar-refractivity contribution in [3.05, 3.63) is 83.7 Å². The Hall–Kier alpha value is -4.51. The summed E-state index contributed by atoms with van der Waals surface area (Å²) in [5, 5.41) is 12.1. The zero-order valence-electron chi connectivity index (χ0n) is 22.4. The minimum Gasteiger partial charge on any atom is -0.497 e. The lowest BCUT2D eigenvalue weighted by Gasteiger charge is -2.18. The predicted octanol–water partition coefficient (Wildman–Crippen LogP) is 3.90. The molecule has 206 valence electrons. The van der Waals surface area contributed by atoms with E-state index in [1.165, 1.54) is 17.3 Å². The van der Waals surface area contributed by atoms with Crippen LogP contribution in [-0.4, -0.2) is 60.2 Å². The van der Waals surface area contributed by atoms with Crippen LogP contribution in [0.1, 0.15) is 21.7 Å². The van der Waals surface area contributed by atoms with Gasteiger partial charge >= 0.3 is 0 Å². The van der Waals surface area contributed by atoms with E-state index in [1.807, 2.05) is 29.2 Å². The highest BCUT2D eigenvalue weighted by atomic mass is 32.2. The van der Waals surface area contributed by atoms with E-state index in [9.17, 15) is 9.59 Å². The van der Waals surface area contributed by atoms with E-state index in [-0.39, 0.29) is 24.1 Å². The molecule has 0 spiro atoms. The molecule has 0 saturated heterocycles. The maximum absolute atomic E-state index is 13.2. The van der Waals surface area contributed by atoms with E-state index >= 15 is 0 Å². The summed E-state index contributed by atoms with van der Waals surface area (Å²) in [6.45, 7) is 0.742. The molecule has 10 nitrogen and oxygen atoms in total. The van der Waals surface area contributed by atoms with Crippen LogP contribution in [0.25, 0.3) is 5.69 Å². The lowest BCUT2D eigenvalue weighted by molar-refractivity contribution is -0.116. The molecule has 2 heterocycles. The van der Waals surface area contributed by atoms with Crippen LogP contribution in [0.5, 0.6) is 17.2 Å². The van der Waals surface area contributed by atoms with Crippen LogP contribution in [-0.2, 0) is 17.8 Å². The quantitative estimate of drug-likeness (QED) is 0.292. The summed E-state index contributed by atoms with van der Waals surface area (Å²) in [7, 11) is 4.69. The highest BCUT2D eigenvalue weighted by Crippen LogP contribution is 2.33. The zero-order chi connectivity index (χ0) is 28.1. The maximum Gasteiger partial charge on any atom is 0.251 e. The van der Waals surface area contributed by atoms with Gasteiger partial charge in [-0.05, 0) is 48.4 Å². The maximum atomic E-state index is 13.2. The van der Waals surface area contributed by atoms with Gasteiger partial charge in [-0.25, -0.2) is 0 Å². The molecule has 5 rings (SSSR count). The van der Waals surface area contributed by atoms with E-state index in [2.05, 4.69) is 21.6 Å². The first-order valence-electron chi connectivity index (χ1n) is 12.6. The fraction of sp³-hybridized carbons (Fsp3) is 0.241. The van der Waals surface area contributed by atoms with Gasteiger partial charge in [0.15, 0.2) is 11.0 Å². The number of anilines is 1. The number of carbonyl (C=O) groups is 2. The van der Waals surface area contributed by atoms with Crippen LogP contribution < -0.4 is 24.4 Å². The number of methoxy groups -OCH3 is 3. The van der Waals surface area contributed by atoms with Gasteiger partial charge in [0.2, 0.25) is 5.91 Å². The number of rotatable bonds is 10. The van der Waals surface area contributed by atoms with E-state index in [4.69, 9.17) is 14.2 Å². The molecule has 0 unspecified atom stereocenters. The molecule has 0 saturated carbocycles. The first-order chi connectivity index (χ1) is 19.5. The molecule has 2 amide bonds. The van der Waals surface area contributed by atoms with Gasteiger partial charge in [-0.1, -0.05) is 36.0 Å². The Kier molecular flexibility index (Phi) is 8.20. The van der Waals surface area contributed by atoms with Crippen molar-refractivity contribution in [2.75, 3.05) is 38.5 Å². The number of nitrogens with one attached hydrogen (secondary N) is 1. The third-order valence-electron chi connectivity index (χ3n) is 6.58. The number of hydrogen-bond donors (Lipinski definition) is 1. The summed E-state index contributed by atoms with van der Waals surface area (Å²) in [5.41, 5.74) is 3.23. The minimum atomic E-state index is -0.285. The van der Waals surface area contributed by atoms with Gasteiger partial charge in [0.25, 0.3) is 5.91 Å². The molecule has 0 bridgehead atoms. The van der Waals surface area contributed by atoms with Crippen molar-refractivity contribution in [1.82, 2.24) is 20.1 Å². The third kappa shape index (κ3) is 5.59. The number of amides is 2. The molecule has 3 aromatic carbocycles. The van der Waals surface area contributed by atoms with Crippen molar-refractivity contribution in [3.63, 3.8) is 0 Å². The van der Waals surface area contributed by atoms with Gasteiger partial charge in [0.05, 0.1) is 39.3 Å². The number of carbonyl (C=O) groups excluding carboxylic acids is 2. The fourth-order valence-electron chi connectivity index (χ4n) is 4.55. The topological polar surface area (TPSA) is 108 Å². The lowest BCUT2D eigenvalue weighted by atomic mass is 10.2. The third-order valence-corrected chi connectivity index (χ3v) is 7.49. The van der Waals surface area contributed by atoms with Crippen molar-refractivity contribution in [3.8, 4) is 22.9 Å². The van der Waals surface area contributed by atoms with E-state index in [1.54, 1.807) is 62.3 Å². The van der Waals surface area contributed by atoms with Crippen LogP contribution in [0.3, 0.4) is 0 Å². The highest BCUT2D eigenvalue weighted by molar-refractivity contribution is 7.99. The Morgan fingerprint density at radius 3 is 2.50 bits per heavy atom. The number of para-hydroxylation sites is 1. The van der Waals surface area contributed by atoms with Gasteiger partial charge in [-0.15, -0.1) is 10.2 Å². The number of fused-ring (bicyclic) bond motifs is 1. The SMILES string of the molecule is COc1cccc(C(=O)NCc2nnc(SCC(=O)N3CCc4ccccc43)n2-c2ccc(OC)cc2OC)c1. The Bertz CT molecular complexity index is 1540. The standard InChI is InChI=1S/C29H29N5O5S/c1-37-21-9-6-8-20(15-21)28(36)30-17-26-31-32-29(34(26)24-12-11-22(38-2)16-25(24)39-3)40-18-27(35)33-14-13-19-7-4-5-10-23(19)33/h4-12,15-16H,13-14,17-18H2,1-3H3,(H,30,36). The molecule has 0 aliphatic carbocycles. The van der Waals surface area contributed by atoms with Gasteiger partial charge in [0, 0.05) is 23.9 Å². The Labute approximate surface area is 236 Å². The number of aromatic nitrogens is 3. The minimum absolute atomic E-state index is 0.0147. The second-order valence-electron chi connectivity index (χ2n) is 8.90. The number of nitrogens with zero attached hydrogens (tertiary/aromatic N) is 4. The molecular formula is C29H29N5O5S. The van der Waals surface area contributed by atoms with Crippen LogP contribution in [0.2, 0.25) is 0 Å². The number of thioether (sulfide) groups is 1. The number of ether oxygens (including phenoxy) is 3. The van der Waals surface area contributed by atoms with Crippen molar-refractivity contribution < 1.29 is 23.8 Å². The monoisotopic (exact) mass is 559 g/mol. The predicted molar refractivity (Wildman–Crippen MR) is 152 cm³/mol.